The summed E-state index contributed by atoms with van der Waals surface area (Å²) in [6.07, 6.45) is -2.36. The molecule has 4 N–H and O–H groups in total. The summed E-state index contributed by atoms with van der Waals surface area (Å²) in [4.78, 5) is 11.7. The lowest BCUT2D eigenvalue weighted by molar-refractivity contribution is 0.0641. The Hall–Kier alpha value is -3.02. The normalized spacial score (nSPS) is 17.9. The van der Waals surface area contributed by atoms with Crippen molar-refractivity contribution >= 4 is 17.0 Å². The minimum atomic E-state index is -2.85. The average Bonchev–Trinajstić information content (AvgIpc) is 3.13. The number of halogens is 3. The van der Waals surface area contributed by atoms with Crippen LogP contribution in [0.5, 0.6) is 0 Å². The number of anilines is 1. The zero-order valence-corrected chi connectivity index (χ0v) is 19.6. The number of fused-ring (bicyclic) bond motifs is 1. The molecule has 0 amide bonds. The third-order valence-electron chi connectivity index (χ3n) is 5.33. The van der Waals surface area contributed by atoms with Gasteiger partial charge in [-0.05, 0) is 45.4 Å². The molecule has 0 saturated heterocycles. The Balaban J connectivity index is 0.000000396. The van der Waals surface area contributed by atoms with E-state index in [1.54, 1.807) is 25.5 Å². The number of methoxy groups -OCH3 is 1. The molecule has 1 saturated carbocycles. The van der Waals surface area contributed by atoms with Crippen LogP contribution in [0.2, 0.25) is 0 Å². The fraction of sp³-hybridized carbons (Fsp3) is 0.435. The van der Waals surface area contributed by atoms with Crippen molar-refractivity contribution in [3.8, 4) is 11.3 Å². The van der Waals surface area contributed by atoms with Crippen LogP contribution in [0.1, 0.15) is 51.6 Å². The van der Waals surface area contributed by atoms with E-state index in [1.807, 2.05) is 13.8 Å². The van der Waals surface area contributed by atoms with Gasteiger partial charge in [0, 0.05) is 24.9 Å². The van der Waals surface area contributed by atoms with E-state index in [4.69, 9.17) is 15.6 Å². The smallest absolute Gasteiger partial charge is 0.267 e. The highest BCUT2D eigenvalue weighted by molar-refractivity contribution is 5.83. The number of nitrogen functional groups attached to an aromatic ring is 1. The molecule has 2 atom stereocenters. The first-order chi connectivity index (χ1) is 15.8. The monoisotopic (exact) mass is 479 g/mol. The number of ether oxygens (including phenoxy) is 1. The number of benzene rings is 1. The van der Waals surface area contributed by atoms with E-state index in [2.05, 4.69) is 21.5 Å². The fourth-order valence-corrected chi connectivity index (χ4v) is 3.59. The predicted octanol–water partition coefficient (Wildman–Crippen LogP) is 3.89. The molecule has 0 aliphatic heterocycles. The molecule has 2 heterocycles. The second-order valence-electron chi connectivity index (χ2n) is 8.79. The first kappa shape index (κ1) is 25.6. The van der Waals surface area contributed by atoms with Crippen LogP contribution in [0.15, 0.2) is 30.5 Å². The van der Waals surface area contributed by atoms with Gasteiger partial charge in [0.05, 0.1) is 16.8 Å². The van der Waals surface area contributed by atoms with Crippen molar-refractivity contribution in [3.63, 3.8) is 0 Å². The highest BCUT2D eigenvalue weighted by Gasteiger charge is 2.41. The summed E-state index contributed by atoms with van der Waals surface area (Å²) in [6, 6.07) is 2.45. The van der Waals surface area contributed by atoms with E-state index in [1.165, 1.54) is 6.07 Å². The van der Waals surface area contributed by atoms with Crippen LogP contribution < -0.4 is 5.73 Å². The second kappa shape index (κ2) is 9.32. The summed E-state index contributed by atoms with van der Waals surface area (Å²) >= 11 is 0. The van der Waals surface area contributed by atoms with Crippen molar-refractivity contribution in [3.05, 3.63) is 47.7 Å². The van der Waals surface area contributed by atoms with E-state index in [9.17, 15) is 18.3 Å². The molecule has 4 rings (SSSR count). The predicted molar refractivity (Wildman–Crippen MR) is 122 cm³/mol. The first-order valence-corrected chi connectivity index (χ1v) is 10.5. The number of aliphatic hydroxyl groups excluding tert-OH is 1. The minimum Gasteiger partial charge on any atom is -0.386 e. The zero-order chi connectivity index (χ0) is 25.5. The van der Waals surface area contributed by atoms with Crippen LogP contribution in [0, 0.1) is 5.82 Å². The highest BCUT2D eigenvalue weighted by atomic mass is 19.3. The molecule has 0 radical (unpaired) electrons. The molecule has 11 heteroatoms. The summed E-state index contributed by atoms with van der Waals surface area (Å²) in [6.45, 7) is 10.3. The van der Waals surface area contributed by atoms with Gasteiger partial charge in [0.15, 0.2) is 5.82 Å². The molecular formula is C23H28F3N5O3. The number of nitrogens with two attached hydrogens (primary N) is 1. The van der Waals surface area contributed by atoms with Gasteiger partial charge in [-0.3, -0.25) is 0 Å². The third kappa shape index (κ3) is 4.91. The maximum Gasteiger partial charge on any atom is 0.267 e. The molecule has 3 aromatic rings. The molecular weight excluding hydrogens is 451 g/mol. The van der Waals surface area contributed by atoms with Gasteiger partial charge in [-0.25, -0.2) is 28.1 Å². The molecule has 184 valence electrons. The van der Waals surface area contributed by atoms with Crippen LogP contribution in [0.4, 0.5) is 19.1 Å². The Morgan fingerprint density at radius 1 is 1.24 bits per heavy atom. The maximum absolute atomic E-state index is 14.8. The van der Waals surface area contributed by atoms with Gasteiger partial charge in [-0.1, -0.05) is 6.58 Å². The second-order valence-corrected chi connectivity index (χ2v) is 8.79. The van der Waals surface area contributed by atoms with Crippen LogP contribution in [0.3, 0.4) is 0 Å². The molecule has 0 bridgehead atoms. The van der Waals surface area contributed by atoms with Gasteiger partial charge in [0.2, 0.25) is 5.95 Å². The standard InChI is InChI=1S/C18H20F3N5O.C5H8O2/c1-8(2)26-12-6-9(13-10(15(20)21)7-23-17(22)25-13)5-11(19)14(12)24-16(26)18(3,4)27;1-3-4(6)5(3)7-2/h5-8,15,27H,1-4H3,(H2,22,23,25);4-6H,1H2,2H3. The minimum absolute atomic E-state index is 0.0465. The summed E-state index contributed by atoms with van der Waals surface area (Å²) in [7, 11) is 1.56. The number of hydrogen-bond acceptors (Lipinski definition) is 7. The Kier molecular flexibility index (Phi) is 7.02. The summed E-state index contributed by atoms with van der Waals surface area (Å²) in [5, 5.41) is 19.1. The van der Waals surface area contributed by atoms with E-state index in [0.717, 1.165) is 17.8 Å². The number of rotatable bonds is 5. The molecule has 8 nitrogen and oxygen atoms in total. The number of nitrogens with zero attached hydrogens (tertiary/aromatic N) is 4. The van der Waals surface area contributed by atoms with Gasteiger partial charge < -0.3 is 25.3 Å². The van der Waals surface area contributed by atoms with Crippen molar-refractivity contribution in [2.24, 2.45) is 0 Å². The van der Waals surface area contributed by atoms with E-state index >= 15 is 0 Å². The third-order valence-corrected chi connectivity index (χ3v) is 5.33. The topological polar surface area (TPSA) is 119 Å². The van der Waals surface area contributed by atoms with Crippen molar-refractivity contribution in [1.82, 2.24) is 19.5 Å². The van der Waals surface area contributed by atoms with E-state index in [0.29, 0.717) is 5.52 Å². The molecule has 1 aromatic carbocycles. The van der Waals surface area contributed by atoms with Crippen molar-refractivity contribution in [2.45, 2.75) is 58.0 Å². The fourth-order valence-electron chi connectivity index (χ4n) is 3.59. The lowest BCUT2D eigenvalue weighted by Crippen LogP contribution is -2.23. The quantitative estimate of drug-likeness (QED) is 0.475. The van der Waals surface area contributed by atoms with Gasteiger partial charge in [-0.2, -0.15) is 0 Å². The Morgan fingerprint density at radius 2 is 1.85 bits per heavy atom. The summed E-state index contributed by atoms with van der Waals surface area (Å²) in [5.74, 6) is -0.617. The van der Waals surface area contributed by atoms with Crippen LogP contribution in [-0.2, 0) is 10.3 Å². The van der Waals surface area contributed by atoms with Gasteiger partial charge in [0.25, 0.3) is 6.43 Å². The molecule has 0 spiro atoms. The largest absolute Gasteiger partial charge is 0.386 e. The lowest BCUT2D eigenvalue weighted by Gasteiger charge is -2.21. The number of alkyl halides is 2. The molecule has 2 aromatic heterocycles. The Morgan fingerprint density at radius 3 is 2.29 bits per heavy atom. The molecule has 2 unspecified atom stereocenters. The summed E-state index contributed by atoms with van der Waals surface area (Å²) in [5.41, 5.74) is 4.99. The van der Waals surface area contributed by atoms with Crippen LogP contribution in [-0.4, -0.2) is 49.0 Å². The Bertz CT molecular complexity index is 1220. The van der Waals surface area contributed by atoms with Crippen LogP contribution in [0.25, 0.3) is 22.3 Å². The SMILES string of the molecule is C=C1C(O)C1OC.CC(C)n1c(C(C)(C)O)nc2c(F)cc(-c3nc(N)ncc3C(F)F)cc21. The van der Waals surface area contributed by atoms with Crippen molar-refractivity contribution < 1.29 is 28.1 Å². The Labute approximate surface area is 194 Å². The molecule has 1 aliphatic carbocycles. The number of aromatic nitrogens is 4. The molecule has 1 fully saturated rings. The van der Waals surface area contributed by atoms with Crippen molar-refractivity contribution in [2.75, 3.05) is 12.8 Å². The number of imidazole rings is 1. The lowest BCUT2D eigenvalue weighted by atomic mass is 10.1. The zero-order valence-electron chi connectivity index (χ0n) is 19.6. The van der Waals surface area contributed by atoms with E-state index < -0.39 is 23.4 Å². The highest BCUT2D eigenvalue weighted by Crippen LogP contribution is 2.35. The van der Waals surface area contributed by atoms with Gasteiger partial charge in [0.1, 0.15) is 29.2 Å². The average molecular weight is 480 g/mol. The van der Waals surface area contributed by atoms with Gasteiger partial charge in [-0.15, -0.1) is 0 Å². The first-order valence-electron chi connectivity index (χ1n) is 10.5. The van der Waals surface area contributed by atoms with E-state index in [-0.39, 0.29) is 46.8 Å². The van der Waals surface area contributed by atoms with Crippen molar-refractivity contribution in [1.29, 1.82) is 0 Å². The molecule has 34 heavy (non-hydrogen) atoms. The van der Waals surface area contributed by atoms with Crippen LogP contribution >= 0.6 is 0 Å². The van der Waals surface area contributed by atoms with Gasteiger partial charge >= 0.3 is 0 Å². The molecule has 1 aliphatic rings. The number of aliphatic hydroxyl groups is 2. The number of hydrogen-bond donors (Lipinski definition) is 3. The summed E-state index contributed by atoms with van der Waals surface area (Å²) < 4.78 is 47.9. The maximum atomic E-state index is 14.8.